The second-order valence-electron chi connectivity index (χ2n) is 5.49. The lowest BCUT2D eigenvalue weighted by Gasteiger charge is -2.33. The molecule has 2 rings (SSSR count). The van der Waals surface area contributed by atoms with E-state index in [4.69, 9.17) is 0 Å². The maximum absolute atomic E-state index is 12.6. The van der Waals surface area contributed by atoms with Gasteiger partial charge in [0.05, 0.1) is 5.92 Å². The minimum atomic E-state index is -4.12. The molecule has 6 heteroatoms. The summed E-state index contributed by atoms with van der Waals surface area (Å²) in [6.07, 6.45) is -3.96. The van der Waals surface area contributed by atoms with E-state index >= 15 is 0 Å². The van der Waals surface area contributed by atoms with Crippen molar-refractivity contribution in [1.29, 1.82) is 0 Å². The first kappa shape index (κ1) is 15.8. The summed E-state index contributed by atoms with van der Waals surface area (Å²) in [5.74, 6) is -1.27. The number of ketones is 1. The van der Waals surface area contributed by atoms with Crippen LogP contribution in [0.3, 0.4) is 0 Å². The molecule has 0 amide bonds. The van der Waals surface area contributed by atoms with Crippen LogP contribution in [0, 0.1) is 5.92 Å². The fourth-order valence-electron chi connectivity index (χ4n) is 2.59. The van der Waals surface area contributed by atoms with E-state index in [1.807, 2.05) is 4.90 Å². The van der Waals surface area contributed by atoms with E-state index in [0.717, 1.165) is 0 Å². The van der Waals surface area contributed by atoms with Gasteiger partial charge >= 0.3 is 6.18 Å². The number of piperidine rings is 1. The summed E-state index contributed by atoms with van der Waals surface area (Å²) in [7, 11) is 0. The predicted octanol–water partition coefficient (Wildman–Crippen LogP) is 3.37. The predicted molar refractivity (Wildman–Crippen MR) is 72.2 cm³/mol. The molecule has 0 unspecified atom stereocenters. The van der Waals surface area contributed by atoms with Crippen LogP contribution in [-0.4, -0.2) is 35.1 Å². The van der Waals surface area contributed by atoms with Crippen LogP contribution in [0.2, 0.25) is 0 Å². The Balaban J connectivity index is 2.01. The standard InChI is InChI=1S/C15H18F3NO2/c1-10(20)11-2-3-14(21)12(8-11)9-19-6-4-13(5-7-19)15(16,17)18/h2-3,8,13,21H,4-7,9H2,1H3. The van der Waals surface area contributed by atoms with Crippen LogP contribution in [0.1, 0.15) is 35.7 Å². The van der Waals surface area contributed by atoms with E-state index in [2.05, 4.69) is 0 Å². The topological polar surface area (TPSA) is 40.5 Å². The van der Waals surface area contributed by atoms with Crippen LogP contribution in [0.15, 0.2) is 18.2 Å². The van der Waals surface area contributed by atoms with Gasteiger partial charge in [-0.3, -0.25) is 9.69 Å². The highest BCUT2D eigenvalue weighted by Crippen LogP contribution is 2.34. The first-order chi connectivity index (χ1) is 9.77. The number of likely N-dealkylation sites (tertiary alicyclic amines) is 1. The van der Waals surface area contributed by atoms with E-state index in [1.165, 1.54) is 19.1 Å². The van der Waals surface area contributed by atoms with Gasteiger partial charge in [-0.25, -0.2) is 0 Å². The molecule has 1 aromatic carbocycles. The number of hydrogen-bond acceptors (Lipinski definition) is 3. The Morgan fingerprint density at radius 1 is 1.33 bits per heavy atom. The average molecular weight is 301 g/mol. The fourth-order valence-corrected chi connectivity index (χ4v) is 2.59. The van der Waals surface area contributed by atoms with Gasteiger partial charge in [0, 0.05) is 17.7 Å². The van der Waals surface area contributed by atoms with Crippen LogP contribution in [0.4, 0.5) is 13.2 Å². The van der Waals surface area contributed by atoms with Gasteiger partial charge < -0.3 is 5.11 Å². The average Bonchev–Trinajstić information content (AvgIpc) is 2.40. The van der Waals surface area contributed by atoms with Crippen molar-refractivity contribution in [3.63, 3.8) is 0 Å². The van der Waals surface area contributed by atoms with Crippen LogP contribution in [0.5, 0.6) is 5.75 Å². The van der Waals surface area contributed by atoms with Crippen LogP contribution < -0.4 is 0 Å². The van der Waals surface area contributed by atoms with E-state index in [-0.39, 0.29) is 24.4 Å². The van der Waals surface area contributed by atoms with Crippen molar-refractivity contribution in [3.05, 3.63) is 29.3 Å². The van der Waals surface area contributed by atoms with Crippen molar-refractivity contribution in [2.24, 2.45) is 5.92 Å². The molecule has 1 aromatic rings. The van der Waals surface area contributed by atoms with E-state index in [9.17, 15) is 23.1 Å². The van der Waals surface area contributed by atoms with Gasteiger partial charge in [0.1, 0.15) is 5.75 Å². The first-order valence-corrected chi connectivity index (χ1v) is 6.89. The van der Waals surface area contributed by atoms with Crippen LogP contribution in [0.25, 0.3) is 0 Å². The second-order valence-corrected chi connectivity index (χ2v) is 5.49. The van der Waals surface area contributed by atoms with Crippen molar-refractivity contribution in [1.82, 2.24) is 4.90 Å². The number of halogens is 3. The first-order valence-electron chi connectivity index (χ1n) is 6.89. The lowest BCUT2D eigenvalue weighted by Crippen LogP contribution is -2.38. The lowest BCUT2D eigenvalue weighted by molar-refractivity contribution is -0.185. The van der Waals surface area contributed by atoms with Gasteiger partial charge in [-0.15, -0.1) is 0 Å². The number of aromatic hydroxyl groups is 1. The third-order valence-electron chi connectivity index (χ3n) is 3.93. The van der Waals surface area contributed by atoms with E-state index in [0.29, 0.717) is 30.8 Å². The summed E-state index contributed by atoms with van der Waals surface area (Å²) < 4.78 is 37.8. The summed E-state index contributed by atoms with van der Waals surface area (Å²) in [4.78, 5) is 13.2. The fraction of sp³-hybridized carbons (Fsp3) is 0.533. The van der Waals surface area contributed by atoms with Gasteiger partial charge in [-0.05, 0) is 51.1 Å². The zero-order valence-electron chi connectivity index (χ0n) is 11.8. The minimum Gasteiger partial charge on any atom is -0.508 e. The highest BCUT2D eigenvalue weighted by molar-refractivity contribution is 5.94. The number of carbonyl (C=O) groups is 1. The Hall–Kier alpha value is -1.56. The number of benzene rings is 1. The highest BCUT2D eigenvalue weighted by Gasteiger charge is 2.40. The lowest BCUT2D eigenvalue weighted by atomic mass is 9.95. The molecule has 0 aromatic heterocycles. The smallest absolute Gasteiger partial charge is 0.391 e. The molecule has 3 nitrogen and oxygen atoms in total. The van der Waals surface area contributed by atoms with Gasteiger partial charge in [0.25, 0.3) is 0 Å². The summed E-state index contributed by atoms with van der Waals surface area (Å²) in [6.45, 7) is 2.48. The van der Waals surface area contributed by atoms with Gasteiger partial charge in [-0.2, -0.15) is 13.2 Å². The third-order valence-corrected chi connectivity index (χ3v) is 3.93. The molecule has 1 aliphatic heterocycles. The molecule has 1 aliphatic rings. The maximum Gasteiger partial charge on any atom is 0.391 e. The number of phenols is 1. The normalized spacial score (nSPS) is 17.9. The molecule has 21 heavy (non-hydrogen) atoms. The Bertz CT molecular complexity index is 520. The largest absolute Gasteiger partial charge is 0.508 e. The highest BCUT2D eigenvalue weighted by atomic mass is 19.4. The van der Waals surface area contributed by atoms with E-state index < -0.39 is 12.1 Å². The maximum atomic E-state index is 12.6. The van der Waals surface area contributed by atoms with Crippen molar-refractivity contribution in [3.8, 4) is 5.75 Å². The molecule has 1 N–H and O–H groups in total. The number of hydrogen-bond donors (Lipinski definition) is 1. The Morgan fingerprint density at radius 2 is 1.95 bits per heavy atom. The van der Waals surface area contributed by atoms with E-state index in [1.54, 1.807) is 6.07 Å². The molecule has 0 spiro atoms. The number of phenolic OH excluding ortho intramolecular Hbond substituents is 1. The second kappa shape index (κ2) is 6.05. The number of nitrogens with zero attached hydrogens (tertiary/aromatic N) is 1. The van der Waals surface area contributed by atoms with Crippen molar-refractivity contribution in [2.75, 3.05) is 13.1 Å². The quantitative estimate of drug-likeness (QED) is 0.870. The molecule has 0 bridgehead atoms. The van der Waals surface area contributed by atoms with Crippen molar-refractivity contribution in [2.45, 2.75) is 32.5 Å². The number of carbonyl (C=O) groups excluding carboxylic acids is 1. The summed E-state index contributed by atoms with van der Waals surface area (Å²) in [5, 5.41) is 9.81. The monoisotopic (exact) mass is 301 g/mol. The molecule has 1 fully saturated rings. The van der Waals surface area contributed by atoms with Crippen LogP contribution in [-0.2, 0) is 6.54 Å². The van der Waals surface area contributed by atoms with Crippen molar-refractivity contribution < 1.29 is 23.1 Å². The molecule has 0 radical (unpaired) electrons. The van der Waals surface area contributed by atoms with Gasteiger partial charge in [-0.1, -0.05) is 0 Å². The molecule has 1 heterocycles. The number of rotatable bonds is 3. The Labute approximate surface area is 121 Å². The minimum absolute atomic E-state index is 0.0675. The number of alkyl halides is 3. The molecule has 0 aliphatic carbocycles. The van der Waals surface area contributed by atoms with Crippen molar-refractivity contribution >= 4 is 5.78 Å². The zero-order valence-corrected chi connectivity index (χ0v) is 11.8. The SMILES string of the molecule is CC(=O)c1ccc(O)c(CN2CCC(C(F)(F)F)CC2)c1. The molecule has 116 valence electrons. The van der Waals surface area contributed by atoms with Gasteiger partial charge in [0.15, 0.2) is 5.78 Å². The molecule has 0 saturated carbocycles. The summed E-state index contributed by atoms with van der Waals surface area (Å²) >= 11 is 0. The van der Waals surface area contributed by atoms with Gasteiger partial charge in [0.2, 0.25) is 0 Å². The number of Topliss-reactive ketones (excluding diaryl/α,β-unsaturated/α-hetero) is 1. The zero-order chi connectivity index (χ0) is 15.6. The Kier molecular flexibility index (Phi) is 4.56. The Morgan fingerprint density at radius 3 is 2.48 bits per heavy atom. The third kappa shape index (κ3) is 3.97. The summed E-state index contributed by atoms with van der Waals surface area (Å²) in [5.41, 5.74) is 1.07. The molecule has 1 saturated heterocycles. The van der Waals surface area contributed by atoms with Crippen LogP contribution >= 0.6 is 0 Å². The summed E-state index contributed by atoms with van der Waals surface area (Å²) in [6, 6.07) is 4.60. The molecule has 0 atom stereocenters. The molecular formula is C15H18F3NO2. The molecular weight excluding hydrogens is 283 g/mol.